The molecule has 3 heteroatoms. The minimum atomic E-state index is -0.251. The van der Waals surface area contributed by atoms with Gasteiger partial charge in [-0.3, -0.25) is 4.79 Å². The van der Waals surface area contributed by atoms with Crippen LogP contribution in [0.3, 0.4) is 0 Å². The number of aromatic hydroxyl groups is 1. The van der Waals surface area contributed by atoms with Crippen LogP contribution in [0, 0.1) is 0 Å². The molecule has 0 aromatic heterocycles. The van der Waals surface area contributed by atoms with E-state index >= 15 is 0 Å². The van der Waals surface area contributed by atoms with E-state index in [4.69, 9.17) is 0 Å². The molecule has 0 aliphatic carbocycles. The van der Waals surface area contributed by atoms with Gasteiger partial charge in [-0.15, -0.1) is 0 Å². The molecule has 0 unspecified atom stereocenters. The average Bonchev–Trinajstić information content (AvgIpc) is 2.34. The van der Waals surface area contributed by atoms with Gasteiger partial charge in [0.25, 0.3) is 0 Å². The molecule has 17 heavy (non-hydrogen) atoms. The lowest BCUT2D eigenvalue weighted by molar-refractivity contribution is -0.140. The summed E-state index contributed by atoms with van der Waals surface area (Å²) in [6, 6.07) is 6.96. The van der Waals surface area contributed by atoms with Gasteiger partial charge in [0.2, 0.25) is 0 Å². The molecular weight excluding hydrogens is 216 g/mol. The molecule has 1 aromatic rings. The number of carbonyl (C=O) groups excluding carboxylic acids is 1. The van der Waals surface area contributed by atoms with Crippen LogP contribution in [0.2, 0.25) is 0 Å². The maximum Gasteiger partial charge on any atom is 0.306 e. The number of ether oxygens (including phenoxy) is 1. The Kier molecular flexibility index (Phi) is 5.27. The van der Waals surface area contributed by atoms with Crippen LogP contribution < -0.4 is 0 Å². The Morgan fingerprint density at radius 1 is 1.53 bits per heavy atom. The van der Waals surface area contributed by atoms with Crippen molar-refractivity contribution in [3.05, 3.63) is 42.0 Å². The van der Waals surface area contributed by atoms with Crippen molar-refractivity contribution in [1.29, 1.82) is 0 Å². The smallest absolute Gasteiger partial charge is 0.306 e. The van der Waals surface area contributed by atoms with Crippen molar-refractivity contribution in [1.82, 2.24) is 0 Å². The summed E-state index contributed by atoms with van der Waals surface area (Å²) in [5.41, 5.74) is 0.917. The lowest BCUT2D eigenvalue weighted by atomic mass is 9.95. The molecule has 0 spiro atoms. The van der Waals surface area contributed by atoms with E-state index in [9.17, 15) is 9.90 Å². The van der Waals surface area contributed by atoms with Crippen LogP contribution in [0.25, 0.3) is 0 Å². The molecule has 0 saturated heterocycles. The molecule has 0 radical (unpaired) electrons. The second kappa shape index (κ2) is 6.74. The summed E-state index contributed by atoms with van der Waals surface area (Å²) in [6.45, 7) is 2.04. The third kappa shape index (κ3) is 4.31. The SMILES string of the molecule is CCC=C[C@@H](CC(=O)OC)c1cccc(O)c1. The minimum Gasteiger partial charge on any atom is -0.508 e. The van der Waals surface area contributed by atoms with Gasteiger partial charge in [0, 0.05) is 5.92 Å². The predicted octanol–water partition coefficient (Wildman–Crippen LogP) is 3.01. The zero-order chi connectivity index (χ0) is 12.7. The largest absolute Gasteiger partial charge is 0.508 e. The van der Waals surface area contributed by atoms with Crippen molar-refractivity contribution in [3.63, 3.8) is 0 Å². The maximum atomic E-state index is 11.3. The Labute approximate surface area is 102 Å². The number of methoxy groups -OCH3 is 1. The number of phenolic OH excluding ortho intramolecular Hbond substituents is 1. The first kappa shape index (κ1) is 13.3. The van der Waals surface area contributed by atoms with Gasteiger partial charge in [-0.2, -0.15) is 0 Å². The molecule has 3 nitrogen and oxygen atoms in total. The van der Waals surface area contributed by atoms with Crippen molar-refractivity contribution in [2.45, 2.75) is 25.7 Å². The summed E-state index contributed by atoms with van der Waals surface area (Å²) in [7, 11) is 1.38. The number of hydrogen-bond donors (Lipinski definition) is 1. The number of rotatable bonds is 5. The van der Waals surface area contributed by atoms with Crippen molar-refractivity contribution < 1.29 is 14.6 Å². The number of carbonyl (C=O) groups is 1. The normalized spacial score (nSPS) is 12.6. The Hall–Kier alpha value is -1.77. The fourth-order valence-corrected chi connectivity index (χ4v) is 1.62. The summed E-state index contributed by atoms with van der Waals surface area (Å²) in [4.78, 5) is 11.3. The van der Waals surface area contributed by atoms with Gasteiger partial charge in [-0.1, -0.05) is 31.2 Å². The molecule has 92 valence electrons. The number of hydrogen-bond acceptors (Lipinski definition) is 3. The van der Waals surface area contributed by atoms with Gasteiger partial charge in [0.1, 0.15) is 5.75 Å². The fourth-order valence-electron chi connectivity index (χ4n) is 1.62. The lowest BCUT2D eigenvalue weighted by Crippen LogP contribution is -2.06. The van der Waals surface area contributed by atoms with Crippen LogP contribution in [0.4, 0.5) is 0 Å². The first-order chi connectivity index (χ1) is 8.17. The highest BCUT2D eigenvalue weighted by atomic mass is 16.5. The van der Waals surface area contributed by atoms with Gasteiger partial charge >= 0.3 is 5.97 Å². The molecule has 0 aliphatic rings. The van der Waals surface area contributed by atoms with Crippen LogP contribution in [-0.4, -0.2) is 18.2 Å². The molecule has 0 amide bonds. The highest BCUT2D eigenvalue weighted by Gasteiger charge is 2.13. The molecule has 0 aliphatic heterocycles. The van der Waals surface area contributed by atoms with Crippen LogP contribution >= 0.6 is 0 Å². The van der Waals surface area contributed by atoms with Crippen molar-refractivity contribution in [2.75, 3.05) is 7.11 Å². The van der Waals surface area contributed by atoms with Gasteiger partial charge in [-0.05, 0) is 24.1 Å². The van der Waals surface area contributed by atoms with Crippen LogP contribution in [0.15, 0.2) is 36.4 Å². The van der Waals surface area contributed by atoms with E-state index in [1.54, 1.807) is 18.2 Å². The average molecular weight is 234 g/mol. The highest BCUT2D eigenvalue weighted by molar-refractivity contribution is 5.70. The van der Waals surface area contributed by atoms with Crippen LogP contribution in [0.1, 0.15) is 31.2 Å². The highest BCUT2D eigenvalue weighted by Crippen LogP contribution is 2.25. The summed E-state index contributed by atoms with van der Waals surface area (Å²) in [6.07, 6.45) is 5.19. The Morgan fingerprint density at radius 3 is 2.88 bits per heavy atom. The molecule has 1 aromatic carbocycles. The van der Waals surface area contributed by atoms with E-state index in [0.29, 0.717) is 0 Å². The predicted molar refractivity (Wildman–Crippen MR) is 66.9 cm³/mol. The standard InChI is InChI=1S/C14H18O3/c1-3-4-6-12(10-14(16)17-2)11-7-5-8-13(15)9-11/h4-9,12,15H,3,10H2,1-2H3/t12-/m0/s1. The van der Waals surface area contributed by atoms with E-state index in [1.165, 1.54) is 7.11 Å². The number of phenols is 1. The van der Waals surface area contributed by atoms with E-state index in [2.05, 4.69) is 4.74 Å². The number of esters is 1. The van der Waals surface area contributed by atoms with E-state index in [1.807, 2.05) is 25.1 Å². The summed E-state index contributed by atoms with van der Waals surface area (Å²) >= 11 is 0. The molecule has 1 rings (SSSR count). The van der Waals surface area contributed by atoms with Crippen LogP contribution in [0.5, 0.6) is 5.75 Å². The van der Waals surface area contributed by atoms with Gasteiger partial charge in [0.05, 0.1) is 13.5 Å². The molecular formula is C14H18O3. The first-order valence-corrected chi connectivity index (χ1v) is 5.69. The number of allylic oxidation sites excluding steroid dienone is 2. The van der Waals surface area contributed by atoms with Crippen LogP contribution in [-0.2, 0) is 9.53 Å². The minimum absolute atomic E-state index is 0.0468. The quantitative estimate of drug-likeness (QED) is 0.629. The Bertz CT molecular complexity index is 396. The Balaban J connectivity index is 2.89. The fraction of sp³-hybridized carbons (Fsp3) is 0.357. The summed E-state index contributed by atoms with van der Waals surface area (Å²) in [5, 5.41) is 9.44. The van der Waals surface area contributed by atoms with E-state index < -0.39 is 0 Å². The summed E-state index contributed by atoms with van der Waals surface area (Å²) < 4.78 is 4.68. The van der Waals surface area contributed by atoms with Crippen molar-refractivity contribution in [3.8, 4) is 5.75 Å². The summed E-state index contributed by atoms with van der Waals surface area (Å²) in [5.74, 6) is -0.0872. The molecule has 0 bridgehead atoms. The maximum absolute atomic E-state index is 11.3. The van der Waals surface area contributed by atoms with E-state index in [-0.39, 0.29) is 24.1 Å². The van der Waals surface area contributed by atoms with Crippen molar-refractivity contribution in [2.24, 2.45) is 0 Å². The van der Waals surface area contributed by atoms with Gasteiger partial charge in [0.15, 0.2) is 0 Å². The zero-order valence-corrected chi connectivity index (χ0v) is 10.2. The third-order valence-corrected chi connectivity index (χ3v) is 2.52. The second-order valence-electron chi connectivity index (χ2n) is 3.82. The van der Waals surface area contributed by atoms with Gasteiger partial charge < -0.3 is 9.84 Å². The topological polar surface area (TPSA) is 46.5 Å². The van der Waals surface area contributed by atoms with Gasteiger partial charge in [-0.25, -0.2) is 0 Å². The molecule has 0 fully saturated rings. The zero-order valence-electron chi connectivity index (χ0n) is 10.2. The second-order valence-corrected chi connectivity index (χ2v) is 3.82. The molecule has 1 atom stereocenters. The monoisotopic (exact) mass is 234 g/mol. The van der Waals surface area contributed by atoms with E-state index in [0.717, 1.165) is 12.0 Å². The third-order valence-electron chi connectivity index (χ3n) is 2.52. The first-order valence-electron chi connectivity index (χ1n) is 5.69. The Morgan fingerprint density at radius 2 is 2.29 bits per heavy atom. The number of benzene rings is 1. The molecule has 0 saturated carbocycles. The molecule has 0 heterocycles. The lowest BCUT2D eigenvalue weighted by Gasteiger charge is -2.12. The molecule has 1 N–H and O–H groups in total. The van der Waals surface area contributed by atoms with Crippen molar-refractivity contribution >= 4 is 5.97 Å².